The zero-order valence-electron chi connectivity index (χ0n) is 19.2. The van der Waals surface area contributed by atoms with Crippen LogP contribution in [0.2, 0.25) is 0 Å². The molecule has 3 heterocycles. The summed E-state index contributed by atoms with van der Waals surface area (Å²) in [5.41, 5.74) is 9.90. The van der Waals surface area contributed by atoms with Gasteiger partial charge in [-0.1, -0.05) is 12.1 Å². The van der Waals surface area contributed by atoms with Crippen LogP contribution in [0.4, 0.5) is 23.7 Å². The maximum absolute atomic E-state index is 12.3. The number of fused-ring (bicyclic) bond motifs is 1. The smallest absolute Gasteiger partial charge is 0.404 e. The van der Waals surface area contributed by atoms with Crippen LogP contribution in [0.5, 0.6) is 0 Å². The Bertz CT molecular complexity index is 1280. The highest BCUT2D eigenvalue weighted by atomic mass is 19.4. The number of rotatable bonds is 8. The first-order valence-electron chi connectivity index (χ1n) is 11.2. The number of amides is 2. The second kappa shape index (κ2) is 10.8. The maximum atomic E-state index is 12.3. The molecule has 0 saturated carbocycles. The van der Waals surface area contributed by atoms with E-state index < -0.39 is 18.8 Å². The molecule has 0 radical (unpaired) electrons. The van der Waals surface area contributed by atoms with E-state index in [9.17, 15) is 18.0 Å². The Hall–Kier alpha value is -3.90. The molecule has 1 aliphatic rings. The van der Waals surface area contributed by atoms with Crippen molar-refractivity contribution < 1.29 is 23.1 Å². The molecule has 3 aromatic rings. The van der Waals surface area contributed by atoms with E-state index in [4.69, 9.17) is 10.8 Å². The molecule has 12 heteroatoms. The number of urea groups is 1. The fraction of sp³-hybridized carbons (Fsp3) is 0.292. The lowest BCUT2D eigenvalue weighted by Gasteiger charge is -2.36. The average molecular weight is 502 g/mol. The standard InChI is InChI=1S/C24H26F3N7O2/c25-24(26,27)15-31-23(36)32-19-3-1-2-17(8-19)21-12-30-22-9-16(4-5-34(21)22)18(10-28)11-29-20-13-33(14-20)6-7-35/h1-5,8-12,20,35H,6-7,13-15,28H2,(H2,31,32,36). The zero-order chi connectivity index (χ0) is 25.7. The van der Waals surface area contributed by atoms with E-state index >= 15 is 0 Å². The SMILES string of the molecule is NC=C(C=NC1CN(CCO)C1)c1ccn2c(-c3cccc(NC(=O)NCC(F)(F)F)c3)cnc2c1. The van der Waals surface area contributed by atoms with Gasteiger partial charge in [-0.15, -0.1) is 0 Å². The molecule has 1 aromatic carbocycles. The summed E-state index contributed by atoms with van der Waals surface area (Å²) in [5.74, 6) is 0. The topological polar surface area (TPSA) is 120 Å². The summed E-state index contributed by atoms with van der Waals surface area (Å²) in [4.78, 5) is 22.9. The number of aliphatic imine (C=N–C) groups is 1. The lowest BCUT2D eigenvalue weighted by atomic mass is 10.1. The van der Waals surface area contributed by atoms with E-state index in [2.05, 4.69) is 20.2 Å². The number of aliphatic hydroxyl groups is 1. The van der Waals surface area contributed by atoms with Crippen molar-refractivity contribution in [3.63, 3.8) is 0 Å². The second-order valence-electron chi connectivity index (χ2n) is 8.33. The maximum Gasteiger partial charge on any atom is 0.405 e. The highest BCUT2D eigenvalue weighted by molar-refractivity contribution is 6.10. The van der Waals surface area contributed by atoms with Gasteiger partial charge in [0.15, 0.2) is 0 Å². The molecule has 0 unspecified atom stereocenters. The molecule has 9 nitrogen and oxygen atoms in total. The first kappa shape index (κ1) is 25.2. The van der Waals surface area contributed by atoms with Crippen molar-refractivity contribution in [1.29, 1.82) is 0 Å². The van der Waals surface area contributed by atoms with Gasteiger partial charge in [-0.2, -0.15) is 13.2 Å². The number of alkyl halides is 3. The summed E-state index contributed by atoms with van der Waals surface area (Å²) in [5, 5.41) is 13.2. The summed E-state index contributed by atoms with van der Waals surface area (Å²) >= 11 is 0. The van der Waals surface area contributed by atoms with Gasteiger partial charge in [-0.3, -0.25) is 14.3 Å². The van der Waals surface area contributed by atoms with Gasteiger partial charge in [-0.05, 0) is 29.8 Å². The summed E-state index contributed by atoms with van der Waals surface area (Å²) in [6.45, 7) is 0.968. The van der Waals surface area contributed by atoms with Gasteiger partial charge < -0.3 is 21.5 Å². The average Bonchev–Trinajstić information content (AvgIpc) is 3.24. The van der Waals surface area contributed by atoms with Crippen molar-refractivity contribution in [2.75, 3.05) is 38.1 Å². The Morgan fingerprint density at radius 1 is 1.28 bits per heavy atom. The predicted octanol–water partition coefficient (Wildman–Crippen LogP) is 2.73. The second-order valence-corrected chi connectivity index (χ2v) is 8.33. The third-order valence-electron chi connectivity index (χ3n) is 5.67. The number of pyridine rings is 1. The van der Waals surface area contributed by atoms with Crippen LogP contribution in [0.15, 0.2) is 60.0 Å². The van der Waals surface area contributed by atoms with Gasteiger partial charge in [-0.25, -0.2) is 9.78 Å². The minimum Gasteiger partial charge on any atom is -0.404 e. The molecule has 0 aliphatic carbocycles. The molecule has 190 valence electrons. The van der Waals surface area contributed by atoms with Crippen molar-refractivity contribution in [3.05, 3.63) is 60.6 Å². The first-order valence-corrected chi connectivity index (χ1v) is 11.2. The third kappa shape index (κ3) is 6.20. The molecular weight excluding hydrogens is 475 g/mol. The van der Waals surface area contributed by atoms with Gasteiger partial charge in [0.2, 0.25) is 0 Å². The lowest BCUT2D eigenvalue weighted by Crippen LogP contribution is -2.50. The third-order valence-corrected chi connectivity index (χ3v) is 5.67. The molecule has 1 aliphatic heterocycles. The molecule has 0 atom stereocenters. The van der Waals surface area contributed by atoms with Gasteiger partial charge in [0.1, 0.15) is 12.2 Å². The number of allylic oxidation sites excluding steroid dienone is 1. The molecule has 2 aromatic heterocycles. The molecule has 36 heavy (non-hydrogen) atoms. The molecule has 4 rings (SSSR count). The van der Waals surface area contributed by atoms with E-state index in [1.165, 1.54) is 6.20 Å². The first-order chi connectivity index (χ1) is 17.3. The van der Waals surface area contributed by atoms with Gasteiger partial charge in [0.25, 0.3) is 0 Å². The Morgan fingerprint density at radius 2 is 2.08 bits per heavy atom. The van der Waals surface area contributed by atoms with E-state index in [1.807, 2.05) is 28.8 Å². The van der Waals surface area contributed by atoms with Crippen LogP contribution in [0.25, 0.3) is 22.5 Å². The van der Waals surface area contributed by atoms with Crippen LogP contribution in [0.1, 0.15) is 5.56 Å². The Morgan fingerprint density at radius 3 is 2.81 bits per heavy atom. The number of nitrogens with zero attached hydrogens (tertiary/aromatic N) is 4. The van der Waals surface area contributed by atoms with Crippen LogP contribution >= 0.6 is 0 Å². The summed E-state index contributed by atoms with van der Waals surface area (Å²) in [6.07, 6.45) is 2.26. The zero-order valence-corrected chi connectivity index (χ0v) is 19.2. The van der Waals surface area contributed by atoms with Crippen molar-refractivity contribution in [2.24, 2.45) is 10.7 Å². The fourth-order valence-corrected chi connectivity index (χ4v) is 3.85. The quantitative estimate of drug-likeness (QED) is 0.354. The highest BCUT2D eigenvalue weighted by Gasteiger charge is 2.27. The number of β-amino-alcohol motifs (C(OH)–C–C–N with tert-alkyl or cyclic N) is 1. The van der Waals surface area contributed by atoms with Crippen LogP contribution in [-0.2, 0) is 0 Å². The lowest BCUT2D eigenvalue weighted by molar-refractivity contribution is -0.122. The van der Waals surface area contributed by atoms with Crippen LogP contribution in [-0.4, -0.2) is 76.6 Å². The largest absolute Gasteiger partial charge is 0.405 e. The number of hydrogen-bond acceptors (Lipinski definition) is 6. The van der Waals surface area contributed by atoms with Crippen molar-refractivity contribution in [1.82, 2.24) is 19.6 Å². The van der Waals surface area contributed by atoms with Crippen molar-refractivity contribution in [3.8, 4) is 11.3 Å². The van der Waals surface area contributed by atoms with Gasteiger partial charge in [0, 0.05) is 55.1 Å². The van der Waals surface area contributed by atoms with E-state index in [0.29, 0.717) is 17.9 Å². The van der Waals surface area contributed by atoms with Crippen LogP contribution in [0.3, 0.4) is 0 Å². The monoisotopic (exact) mass is 501 g/mol. The minimum atomic E-state index is -4.49. The predicted molar refractivity (Wildman–Crippen MR) is 132 cm³/mol. The minimum absolute atomic E-state index is 0.134. The fourth-order valence-electron chi connectivity index (χ4n) is 3.85. The van der Waals surface area contributed by atoms with E-state index in [0.717, 1.165) is 35.5 Å². The van der Waals surface area contributed by atoms with Gasteiger partial charge in [0.05, 0.1) is 24.5 Å². The van der Waals surface area contributed by atoms with Crippen molar-refractivity contribution >= 4 is 29.2 Å². The number of nitrogens with one attached hydrogen (secondary N) is 2. The molecular formula is C24H26F3N7O2. The number of benzene rings is 1. The van der Waals surface area contributed by atoms with Crippen LogP contribution in [0, 0.1) is 0 Å². The number of halogens is 3. The molecule has 1 saturated heterocycles. The van der Waals surface area contributed by atoms with Gasteiger partial charge >= 0.3 is 12.2 Å². The normalized spacial score (nSPS) is 15.4. The number of aliphatic hydroxyl groups excluding tert-OH is 1. The Labute approximate surface area is 205 Å². The summed E-state index contributed by atoms with van der Waals surface area (Å²) in [7, 11) is 0. The molecule has 0 bridgehead atoms. The van der Waals surface area contributed by atoms with Crippen LogP contribution < -0.4 is 16.4 Å². The molecule has 0 spiro atoms. The number of hydrogen-bond donors (Lipinski definition) is 4. The number of carbonyl (C=O) groups is 1. The molecule has 2 amide bonds. The number of carbonyl (C=O) groups excluding carboxylic acids is 1. The molecule has 5 N–H and O–H groups in total. The number of anilines is 1. The summed E-state index contributed by atoms with van der Waals surface area (Å²) < 4.78 is 38.8. The number of likely N-dealkylation sites (tertiary alicyclic amines) is 1. The highest BCUT2D eigenvalue weighted by Crippen LogP contribution is 2.25. The number of imidazole rings is 1. The van der Waals surface area contributed by atoms with E-state index in [-0.39, 0.29) is 12.6 Å². The Balaban J connectivity index is 1.47. The Kier molecular flexibility index (Phi) is 7.55. The van der Waals surface area contributed by atoms with Crippen molar-refractivity contribution in [2.45, 2.75) is 12.2 Å². The summed E-state index contributed by atoms with van der Waals surface area (Å²) in [6, 6.07) is 9.72. The number of nitrogens with two attached hydrogens (primary N) is 1. The van der Waals surface area contributed by atoms with E-state index in [1.54, 1.807) is 35.9 Å². The number of aromatic nitrogens is 2. The molecule has 1 fully saturated rings.